The molecule has 1 aromatic carbocycles. The zero-order valence-corrected chi connectivity index (χ0v) is 15.3. The van der Waals surface area contributed by atoms with Crippen LogP contribution in [-0.2, 0) is 22.5 Å². The summed E-state index contributed by atoms with van der Waals surface area (Å²) in [6.45, 7) is 6.61. The maximum atomic E-state index is 12.2. The van der Waals surface area contributed by atoms with Crippen LogP contribution in [0.1, 0.15) is 31.9 Å². The summed E-state index contributed by atoms with van der Waals surface area (Å²) in [5.41, 5.74) is 1.95. The minimum atomic E-state index is -0.562. The number of halogens is 1. The monoisotopic (exact) mass is 416 g/mol. The van der Waals surface area contributed by atoms with Crippen LogP contribution < -0.4 is 5.32 Å². The van der Waals surface area contributed by atoms with Crippen molar-refractivity contribution in [1.29, 1.82) is 0 Å². The Bertz CT molecular complexity index is 581. The lowest BCUT2D eigenvalue weighted by atomic mass is 10.00. The summed E-state index contributed by atoms with van der Waals surface area (Å²) in [4.78, 5) is 25.6. The molecule has 0 atom stereocenters. The zero-order valence-electron chi connectivity index (χ0n) is 13.1. The summed E-state index contributed by atoms with van der Waals surface area (Å²) in [6.07, 6.45) is 0.292. The van der Waals surface area contributed by atoms with Gasteiger partial charge in [0.05, 0.1) is 0 Å². The minimum Gasteiger partial charge on any atom is -0.444 e. The van der Waals surface area contributed by atoms with E-state index in [-0.39, 0.29) is 12.5 Å². The smallest absolute Gasteiger partial charge is 0.408 e. The minimum absolute atomic E-state index is 0.0336. The van der Waals surface area contributed by atoms with Gasteiger partial charge in [-0.15, -0.1) is 0 Å². The number of hydrogen-bond donors (Lipinski definition) is 1. The molecule has 2 rings (SSSR count). The highest BCUT2D eigenvalue weighted by Crippen LogP contribution is 2.23. The lowest BCUT2D eigenvalue weighted by Gasteiger charge is -2.29. The van der Waals surface area contributed by atoms with Crippen molar-refractivity contribution < 1.29 is 14.3 Å². The Hall–Kier alpha value is -1.31. The van der Waals surface area contributed by atoms with E-state index in [0.29, 0.717) is 13.1 Å². The fourth-order valence-electron chi connectivity index (χ4n) is 2.35. The number of ether oxygens (including phenoxy) is 1. The van der Waals surface area contributed by atoms with Crippen molar-refractivity contribution in [2.24, 2.45) is 0 Å². The van der Waals surface area contributed by atoms with Crippen LogP contribution in [-0.4, -0.2) is 35.6 Å². The molecule has 5 nitrogen and oxygen atoms in total. The van der Waals surface area contributed by atoms with E-state index in [9.17, 15) is 9.59 Å². The molecular weight excluding hydrogens is 395 g/mol. The van der Waals surface area contributed by atoms with E-state index in [1.165, 1.54) is 14.7 Å². The van der Waals surface area contributed by atoms with Gasteiger partial charge in [0.25, 0.3) is 0 Å². The molecular formula is C16H21IN2O3. The summed E-state index contributed by atoms with van der Waals surface area (Å²) in [7, 11) is 0. The van der Waals surface area contributed by atoms with Gasteiger partial charge in [0.1, 0.15) is 12.1 Å². The first-order chi connectivity index (χ1) is 10.3. The first-order valence-corrected chi connectivity index (χ1v) is 8.35. The Morgan fingerprint density at radius 2 is 2.09 bits per heavy atom. The highest BCUT2D eigenvalue weighted by molar-refractivity contribution is 14.1. The Labute approximate surface area is 144 Å². The fourth-order valence-corrected chi connectivity index (χ4v) is 3.17. The molecule has 0 aliphatic carbocycles. The molecule has 0 unspecified atom stereocenters. The average Bonchev–Trinajstić information content (AvgIpc) is 2.43. The third-order valence-electron chi connectivity index (χ3n) is 3.34. The molecule has 0 saturated carbocycles. The van der Waals surface area contributed by atoms with Crippen molar-refractivity contribution in [3.05, 3.63) is 32.9 Å². The summed E-state index contributed by atoms with van der Waals surface area (Å²) in [5, 5.41) is 2.52. The second-order valence-corrected chi connectivity index (χ2v) is 7.46. The Balaban J connectivity index is 1.88. The predicted molar refractivity (Wildman–Crippen MR) is 92.5 cm³/mol. The largest absolute Gasteiger partial charge is 0.444 e. The van der Waals surface area contributed by atoms with E-state index < -0.39 is 11.7 Å². The fraction of sp³-hybridized carbons (Fsp3) is 0.500. The summed E-state index contributed by atoms with van der Waals surface area (Å²) in [5.74, 6) is -0.0876. The van der Waals surface area contributed by atoms with Gasteiger partial charge in [-0.1, -0.05) is 12.1 Å². The number of carbonyl (C=O) groups is 2. The molecule has 120 valence electrons. The number of hydrogen-bond acceptors (Lipinski definition) is 3. The number of benzene rings is 1. The van der Waals surface area contributed by atoms with Gasteiger partial charge in [0.2, 0.25) is 5.91 Å². The van der Waals surface area contributed by atoms with Crippen molar-refractivity contribution >= 4 is 34.6 Å². The number of nitrogens with one attached hydrogen (secondary N) is 1. The van der Waals surface area contributed by atoms with Crippen molar-refractivity contribution in [2.45, 2.75) is 39.3 Å². The summed E-state index contributed by atoms with van der Waals surface area (Å²) in [6, 6.07) is 6.15. The molecule has 6 heteroatoms. The molecule has 2 amide bonds. The Morgan fingerprint density at radius 3 is 2.77 bits per heavy atom. The van der Waals surface area contributed by atoms with Crippen LogP contribution in [0.2, 0.25) is 0 Å². The van der Waals surface area contributed by atoms with E-state index >= 15 is 0 Å². The van der Waals surface area contributed by atoms with E-state index in [4.69, 9.17) is 4.74 Å². The predicted octanol–water partition coefficient (Wildman–Crippen LogP) is 2.70. The van der Waals surface area contributed by atoms with Gasteiger partial charge in [-0.05, 0) is 67.0 Å². The number of nitrogens with zero attached hydrogens (tertiary/aromatic N) is 1. The number of fused-ring (bicyclic) bond motifs is 1. The third kappa shape index (κ3) is 4.59. The molecule has 1 aromatic rings. The van der Waals surface area contributed by atoms with Gasteiger partial charge in [-0.3, -0.25) is 4.79 Å². The van der Waals surface area contributed by atoms with Crippen molar-refractivity contribution in [2.75, 3.05) is 13.1 Å². The second kappa shape index (κ2) is 6.85. The molecule has 0 aromatic heterocycles. The quantitative estimate of drug-likeness (QED) is 0.755. The molecule has 1 aliphatic rings. The normalized spacial score (nSPS) is 14.3. The third-order valence-corrected chi connectivity index (χ3v) is 4.36. The Morgan fingerprint density at radius 1 is 1.36 bits per heavy atom. The van der Waals surface area contributed by atoms with Gasteiger partial charge < -0.3 is 15.0 Å². The number of amides is 2. The molecule has 22 heavy (non-hydrogen) atoms. The highest BCUT2D eigenvalue weighted by atomic mass is 127. The lowest BCUT2D eigenvalue weighted by molar-refractivity contribution is -0.131. The average molecular weight is 416 g/mol. The van der Waals surface area contributed by atoms with Crippen LogP contribution in [0.5, 0.6) is 0 Å². The van der Waals surface area contributed by atoms with E-state index in [2.05, 4.69) is 40.0 Å². The standard InChI is InChI=1S/C16H21IN2O3/c1-16(2,3)22-15(21)18-9-14(20)19-8-7-12-11(10-19)5-4-6-13(12)17/h4-6H,7-10H2,1-3H3,(H,18,21). The van der Waals surface area contributed by atoms with Crippen molar-refractivity contribution in [3.8, 4) is 0 Å². The van der Waals surface area contributed by atoms with Gasteiger partial charge >= 0.3 is 6.09 Å². The first kappa shape index (κ1) is 17.1. The molecule has 0 bridgehead atoms. The number of alkyl carbamates (subject to hydrolysis) is 1. The van der Waals surface area contributed by atoms with Crippen LogP contribution in [0.3, 0.4) is 0 Å². The van der Waals surface area contributed by atoms with Crippen LogP contribution in [0.15, 0.2) is 18.2 Å². The highest BCUT2D eigenvalue weighted by Gasteiger charge is 2.23. The van der Waals surface area contributed by atoms with Crippen molar-refractivity contribution in [1.82, 2.24) is 10.2 Å². The maximum Gasteiger partial charge on any atom is 0.408 e. The van der Waals surface area contributed by atoms with E-state index in [1.54, 1.807) is 25.7 Å². The topological polar surface area (TPSA) is 58.6 Å². The molecule has 1 N–H and O–H groups in total. The zero-order chi connectivity index (χ0) is 16.3. The lowest BCUT2D eigenvalue weighted by Crippen LogP contribution is -2.43. The molecule has 0 spiro atoms. The molecule has 0 fully saturated rings. The van der Waals surface area contributed by atoms with Crippen LogP contribution in [0.25, 0.3) is 0 Å². The summed E-state index contributed by atoms with van der Waals surface area (Å²) < 4.78 is 6.37. The Kier molecular flexibility index (Phi) is 5.31. The van der Waals surface area contributed by atoms with Gasteiger partial charge in [-0.2, -0.15) is 0 Å². The van der Waals surface area contributed by atoms with Crippen molar-refractivity contribution in [3.63, 3.8) is 0 Å². The molecule has 1 heterocycles. The van der Waals surface area contributed by atoms with Crippen LogP contribution >= 0.6 is 22.6 Å². The van der Waals surface area contributed by atoms with Gasteiger partial charge in [-0.25, -0.2) is 4.79 Å². The summed E-state index contributed by atoms with van der Waals surface area (Å²) >= 11 is 2.33. The number of carbonyl (C=O) groups excluding carboxylic acids is 2. The molecule has 0 saturated heterocycles. The SMILES string of the molecule is CC(C)(C)OC(=O)NCC(=O)N1CCc2c(I)cccc2C1. The molecule has 1 aliphatic heterocycles. The van der Waals surface area contributed by atoms with Gasteiger partial charge in [0.15, 0.2) is 0 Å². The molecule has 0 radical (unpaired) electrons. The van der Waals surface area contributed by atoms with E-state index in [0.717, 1.165) is 6.42 Å². The van der Waals surface area contributed by atoms with Crippen LogP contribution in [0, 0.1) is 3.57 Å². The first-order valence-electron chi connectivity index (χ1n) is 7.27. The second-order valence-electron chi connectivity index (χ2n) is 6.30. The van der Waals surface area contributed by atoms with E-state index in [1.807, 2.05) is 6.07 Å². The van der Waals surface area contributed by atoms with Gasteiger partial charge in [0, 0.05) is 16.7 Å². The van der Waals surface area contributed by atoms with Crippen LogP contribution in [0.4, 0.5) is 4.79 Å². The maximum absolute atomic E-state index is 12.2. The number of rotatable bonds is 2.